The van der Waals surface area contributed by atoms with Crippen LogP contribution in [0.25, 0.3) is 0 Å². The van der Waals surface area contributed by atoms with Crippen LogP contribution in [0.5, 0.6) is 0 Å². The van der Waals surface area contributed by atoms with Crippen LogP contribution in [0.2, 0.25) is 0 Å². The number of aliphatic carboxylic acids is 1. The van der Waals surface area contributed by atoms with Gasteiger partial charge in [-0.2, -0.15) is 0 Å². The zero-order chi connectivity index (χ0) is 13.0. The minimum Gasteiger partial charge on any atom is -0.481 e. The van der Waals surface area contributed by atoms with Gasteiger partial charge in [0.1, 0.15) is 5.92 Å². The normalized spacial score (nSPS) is 34.5. The first-order valence-corrected chi connectivity index (χ1v) is 6.54. The number of carboxylic acids is 1. The number of carboxylic acid groups (broad SMARTS) is 1. The molecule has 0 aromatic carbocycles. The lowest BCUT2D eigenvalue weighted by molar-refractivity contribution is -0.144. The molecule has 2 unspecified atom stereocenters. The molecule has 17 heavy (non-hydrogen) atoms. The van der Waals surface area contributed by atoms with Crippen LogP contribution in [0.3, 0.4) is 0 Å². The highest BCUT2D eigenvalue weighted by molar-refractivity contribution is 7.94. The van der Waals surface area contributed by atoms with E-state index in [0.717, 1.165) is 0 Å². The van der Waals surface area contributed by atoms with Crippen molar-refractivity contribution >= 4 is 21.9 Å². The molecule has 0 bridgehead atoms. The molecule has 2 heterocycles. The second-order valence-electron chi connectivity index (χ2n) is 4.67. The van der Waals surface area contributed by atoms with Gasteiger partial charge in [-0.05, 0) is 13.8 Å². The van der Waals surface area contributed by atoms with Crippen LogP contribution < -0.4 is 0 Å². The molecule has 0 spiro atoms. The largest absolute Gasteiger partial charge is 0.481 e. The van der Waals surface area contributed by atoms with Gasteiger partial charge in [0.2, 0.25) is 0 Å². The van der Waals surface area contributed by atoms with E-state index < -0.39 is 38.6 Å². The molecule has 0 aromatic heterocycles. The molecule has 0 aromatic rings. The van der Waals surface area contributed by atoms with Crippen LogP contribution in [0.15, 0.2) is 0 Å². The summed E-state index contributed by atoms with van der Waals surface area (Å²) in [6, 6.07) is -0.918. The van der Waals surface area contributed by atoms with Gasteiger partial charge >= 0.3 is 5.97 Å². The Bertz CT molecular complexity index is 482. The fourth-order valence-corrected chi connectivity index (χ4v) is 3.72. The van der Waals surface area contributed by atoms with E-state index in [-0.39, 0.29) is 13.2 Å². The van der Waals surface area contributed by atoms with Gasteiger partial charge in [-0.3, -0.25) is 9.59 Å². The topological polar surface area (TPSA) is 101 Å². The summed E-state index contributed by atoms with van der Waals surface area (Å²) >= 11 is 0. The minimum absolute atomic E-state index is 0.0575. The number of sulfonamides is 1. The summed E-state index contributed by atoms with van der Waals surface area (Å²) in [6.07, 6.45) is 0. The van der Waals surface area contributed by atoms with E-state index in [0.29, 0.717) is 4.31 Å². The van der Waals surface area contributed by atoms with Crippen molar-refractivity contribution in [3.8, 4) is 0 Å². The van der Waals surface area contributed by atoms with E-state index in [9.17, 15) is 18.0 Å². The fraction of sp³-hybridized carbons (Fsp3) is 0.778. The Labute approximate surface area is 98.4 Å². The summed E-state index contributed by atoms with van der Waals surface area (Å²) in [4.78, 5) is 22.7. The third-order valence-corrected chi connectivity index (χ3v) is 5.71. The summed E-state index contributed by atoms with van der Waals surface area (Å²) in [5.74, 6) is -2.70. The predicted molar refractivity (Wildman–Crippen MR) is 55.6 cm³/mol. The van der Waals surface area contributed by atoms with Crippen LogP contribution >= 0.6 is 0 Å². The highest BCUT2D eigenvalue weighted by Gasteiger charge is 2.64. The zero-order valence-electron chi connectivity index (χ0n) is 9.41. The molecule has 2 fully saturated rings. The monoisotopic (exact) mass is 263 g/mol. The van der Waals surface area contributed by atoms with Crippen molar-refractivity contribution in [2.75, 3.05) is 13.2 Å². The highest BCUT2D eigenvalue weighted by atomic mass is 32.2. The number of nitrogens with zero attached hydrogens (tertiary/aromatic N) is 1. The second-order valence-corrected chi connectivity index (χ2v) is 7.03. The smallest absolute Gasteiger partial charge is 0.311 e. The summed E-state index contributed by atoms with van der Waals surface area (Å²) in [5.41, 5.74) is 0. The van der Waals surface area contributed by atoms with E-state index in [1.165, 1.54) is 13.8 Å². The van der Waals surface area contributed by atoms with Crippen LogP contribution in [0.4, 0.5) is 0 Å². The van der Waals surface area contributed by atoms with Crippen molar-refractivity contribution in [1.29, 1.82) is 0 Å². The van der Waals surface area contributed by atoms with Gasteiger partial charge in [0.25, 0.3) is 15.9 Å². The maximum absolute atomic E-state index is 11.9. The molecular weight excluding hydrogens is 250 g/mol. The number of ether oxygens (including phenoxy) is 1. The molecule has 1 N–H and O–H groups in total. The Balaban J connectivity index is 2.32. The molecule has 7 nitrogen and oxygen atoms in total. The third-order valence-electron chi connectivity index (χ3n) is 3.29. The predicted octanol–water partition coefficient (Wildman–Crippen LogP) is -0.963. The molecule has 1 amide bonds. The summed E-state index contributed by atoms with van der Waals surface area (Å²) < 4.78 is 28.0. The maximum Gasteiger partial charge on any atom is 0.311 e. The maximum atomic E-state index is 11.9. The first-order chi connectivity index (χ1) is 7.71. The lowest BCUT2D eigenvalue weighted by Gasteiger charge is -2.46. The molecule has 8 heteroatoms. The van der Waals surface area contributed by atoms with Crippen molar-refractivity contribution in [2.45, 2.75) is 24.6 Å². The lowest BCUT2D eigenvalue weighted by Crippen LogP contribution is -2.71. The van der Waals surface area contributed by atoms with E-state index in [2.05, 4.69) is 0 Å². The first kappa shape index (κ1) is 12.3. The molecule has 2 aliphatic rings. The number of hydrogen-bond donors (Lipinski definition) is 1. The number of hydrogen-bond acceptors (Lipinski definition) is 5. The third kappa shape index (κ3) is 1.40. The van der Waals surface area contributed by atoms with E-state index >= 15 is 0 Å². The highest BCUT2D eigenvalue weighted by Crippen LogP contribution is 2.39. The van der Waals surface area contributed by atoms with Crippen LogP contribution in [0.1, 0.15) is 13.8 Å². The minimum atomic E-state index is -3.76. The molecule has 0 aliphatic carbocycles. The summed E-state index contributed by atoms with van der Waals surface area (Å²) in [6.45, 7) is 2.50. The number of carbonyl (C=O) groups excluding carboxylic acids is 1. The van der Waals surface area contributed by atoms with Crippen molar-refractivity contribution in [3.05, 3.63) is 0 Å². The van der Waals surface area contributed by atoms with Crippen LogP contribution in [0, 0.1) is 5.92 Å². The first-order valence-electron chi connectivity index (χ1n) is 5.10. The molecule has 2 atom stereocenters. The molecule has 2 saturated heterocycles. The molecule has 2 rings (SSSR count). The van der Waals surface area contributed by atoms with Gasteiger partial charge < -0.3 is 9.84 Å². The fourth-order valence-electron chi connectivity index (χ4n) is 2.03. The van der Waals surface area contributed by atoms with Crippen LogP contribution in [-0.2, 0) is 24.3 Å². The van der Waals surface area contributed by atoms with Crippen molar-refractivity contribution < 1.29 is 27.9 Å². The standard InChI is InChI=1S/C9H13NO6S/c1-9(2)8(13)10(17(9,14)15)6-4-16-3-5(6)7(11)12/h5-6H,3-4H2,1-2H3,(H,11,12). The molecule has 0 radical (unpaired) electrons. The number of amides is 1. The van der Waals surface area contributed by atoms with Crippen molar-refractivity contribution in [1.82, 2.24) is 4.31 Å². The van der Waals surface area contributed by atoms with E-state index in [1.807, 2.05) is 0 Å². The Morgan fingerprint density at radius 2 is 2.06 bits per heavy atom. The van der Waals surface area contributed by atoms with Gasteiger partial charge in [0.15, 0.2) is 4.75 Å². The Kier molecular flexibility index (Phi) is 2.48. The molecule has 96 valence electrons. The molecule has 0 saturated carbocycles. The van der Waals surface area contributed by atoms with Gasteiger partial charge in [-0.1, -0.05) is 0 Å². The number of rotatable bonds is 2. The van der Waals surface area contributed by atoms with Crippen molar-refractivity contribution in [2.24, 2.45) is 5.92 Å². The SMILES string of the molecule is CC1(C)C(=O)N(C2COCC2C(=O)O)S1(=O)=O. The molecule has 2 aliphatic heterocycles. The quantitative estimate of drug-likeness (QED) is 0.688. The van der Waals surface area contributed by atoms with Gasteiger partial charge in [-0.25, -0.2) is 12.7 Å². The van der Waals surface area contributed by atoms with Gasteiger partial charge in [0.05, 0.1) is 19.3 Å². The molecular formula is C9H13NO6S. The Hall–Kier alpha value is -1.15. The van der Waals surface area contributed by atoms with E-state index in [4.69, 9.17) is 9.84 Å². The van der Waals surface area contributed by atoms with Gasteiger partial charge in [0, 0.05) is 0 Å². The summed E-state index contributed by atoms with van der Waals surface area (Å²) in [5, 5.41) is 8.93. The summed E-state index contributed by atoms with van der Waals surface area (Å²) in [7, 11) is -3.76. The zero-order valence-corrected chi connectivity index (χ0v) is 10.2. The lowest BCUT2D eigenvalue weighted by atomic mass is 10.0. The van der Waals surface area contributed by atoms with Gasteiger partial charge in [-0.15, -0.1) is 0 Å². The van der Waals surface area contributed by atoms with Crippen molar-refractivity contribution in [3.63, 3.8) is 0 Å². The average Bonchev–Trinajstić information content (AvgIpc) is 2.65. The van der Waals surface area contributed by atoms with Crippen LogP contribution in [-0.4, -0.2) is 53.7 Å². The van der Waals surface area contributed by atoms with E-state index in [1.54, 1.807) is 0 Å². The Morgan fingerprint density at radius 1 is 1.47 bits per heavy atom. The second kappa shape index (κ2) is 3.42. The Morgan fingerprint density at radius 3 is 2.53 bits per heavy atom. The average molecular weight is 263 g/mol. The number of carbonyl (C=O) groups is 2.